The summed E-state index contributed by atoms with van der Waals surface area (Å²) >= 11 is 0. The Morgan fingerprint density at radius 3 is 2.48 bits per heavy atom. The van der Waals surface area contributed by atoms with Gasteiger partial charge in [-0.15, -0.1) is 0 Å². The van der Waals surface area contributed by atoms with Gasteiger partial charge in [-0.25, -0.2) is 5.43 Å². The predicted octanol–water partition coefficient (Wildman–Crippen LogP) is 5.19. The number of benzene rings is 2. The number of hydrogen-bond donors (Lipinski definition) is 1. The number of non-ortho nitro benzene ring substituents is 1. The van der Waals surface area contributed by atoms with Crippen molar-refractivity contribution in [2.75, 3.05) is 0 Å². The number of hydrogen-bond acceptors (Lipinski definition) is 6. The SMILES string of the molecule is Cc1ccc(-c2ccc(/C=N\NC(=O)c3ccc(-c4cccc([N+](=O)[O-])c4)o3)o2)cc1. The molecule has 0 radical (unpaired) electrons. The Morgan fingerprint density at radius 2 is 1.71 bits per heavy atom. The highest BCUT2D eigenvalue weighted by atomic mass is 16.6. The lowest BCUT2D eigenvalue weighted by Crippen LogP contribution is -2.16. The minimum Gasteiger partial charge on any atom is -0.455 e. The van der Waals surface area contributed by atoms with E-state index in [1.807, 2.05) is 37.3 Å². The summed E-state index contributed by atoms with van der Waals surface area (Å²) < 4.78 is 11.2. The third-order valence-electron chi connectivity index (χ3n) is 4.49. The number of amides is 1. The monoisotopic (exact) mass is 415 g/mol. The van der Waals surface area contributed by atoms with Crippen molar-refractivity contribution in [2.45, 2.75) is 6.92 Å². The zero-order valence-corrected chi connectivity index (χ0v) is 16.4. The second-order valence-corrected chi connectivity index (χ2v) is 6.74. The topological polar surface area (TPSA) is 111 Å². The third-order valence-corrected chi connectivity index (χ3v) is 4.49. The Bertz CT molecular complexity index is 1270. The molecule has 31 heavy (non-hydrogen) atoms. The number of nitrogens with zero attached hydrogens (tertiary/aromatic N) is 2. The maximum atomic E-state index is 12.3. The first-order chi connectivity index (χ1) is 15.0. The highest BCUT2D eigenvalue weighted by Crippen LogP contribution is 2.26. The zero-order chi connectivity index (χ0) is 21.8. The third kappa shape index (κ3) is 4.59. The summed E-state index contributed by atoms with van der Waals surface area (Å²) in [6.07, 6.45) is 1.39. The van der Waals surface area contributed by atoms with Gasteiger partial charge in [0.1, 0.15) is 17.3 Å². The van der Waals surface area contributed by atoms with E-state index in [4.69, 9.17) is 8.83 Å². The molecule has 4 aromatic rings. The number of nitrogens with one attached hydrogen (secondary N) is 1. The highest BCUT2D eigenvalue weighted by molar-refractivity contribution is 5.92. The predicted molar refractivity (Wildman–Crippen MR) is 115 cm³/mol. The van der Waals surface area contributed by atoms with Gasteiger partial charge in [0.2, 0.25) is 0 Å². The van der Waals surface area contributed by atoms with Crippen molar-refractivity contribution in [3.05, 3.63) is 100.0 Å². The van der Waals surface area contributed by atoms with E-state index in [9.17, 15) is 14.9 Å². The molecule has 0 bridgehead atoms. The number of hydrazone groups is 1. The van der Waals surface area contributed by atoms with E-state index in [1.54, 1.807) is 24.3 Å². The fourth-order valence-corrected chi connectivity index (χ4v) is 2.89. The minimum absolute atomic E-state index is 0.0263. The molecule has 0 unspecified atom stereocenters. The van der Waals surface area contributed by atoms with Crippen LogP contribution in [-0.4, -0.2) is 17.0 Å². The molecule has 8 nitrogen and oxygen atoms in total. The molecule has 154 valence electrons. The van der Waals surface area contributed by atoms with Gasteiger partial charge in [-0.1, -0.05) is 42.0 Å². The molecule has 0 fully saturated rings. The second-order valence-electron chi connectivity index (χ2n) is 6.74. The maximum Gasteiger partial charge on any atom is 0.307 e. The molecule has 1 amide bonds. The van der Waals surface area contributed by atoms with Gasteiger partial charge < -0.3 is 8.83 Å². The lowest BCUT2D eigenvalue weighted by molar-refractivity contribution is -0.384. The molecule has 4 rings (SSSR count). The second kappa shape index (κ2) is 8.50. The lowest BCUT2D eigenvalue weighted by Gasteiger charge is -1.98. The molecule has 0 atom stereocenters. The van der Waals surface area contributed by atoms with Crippen LogP contribution in [0.1, 0.15) is 21.9 Å². The first-order valence-electron chi connectivity index (χ1n) is 9.34. The van der Waals surface area contributed by atoms with E-state index in [2.05, 4.69) is 10.5 Å². The van der Waals surface area contributed by atoms with Gasteiger partial charge in [0.15, 0.2) is 5.76 Å². The van der Waals surface area contributed by atoms with Crippen LogP contribution in [0, 0.1) is 17.0 Å². The fourth-order valence-electron chi connectivity index (χ4n) is 2.89. The first-order valence-corrected chi connectivity index (χ1v) is 9.34. The molecule has 1 N–H and O–H groups in total. The quantitative estimate of drug-likeness (QED) is 0.265. The van der Waals surface area contributed by atoms with Gasteiger partial charge in [-0.2, -0.15) is 5.10 Å². The standard InChI is InChI=1S/C23H17N3O5/c1-15-5-7-16(8-6-15)20-10-9-19(30-20)14-24-25-23(27)22-12-11-21(31-22)17-3-2-4-18(13-17)26(28)29/h2-14H,1H3,(H,25,27)/b24-14-. The Morgan fingerprint density at radius 1 is 0.968 bits per heavy atom. The van der Waals surface area contributed by atoms with Crippen molar-refractivity contribution in [2.24, 2.45) is 5.10 Å². The van der Waals surface area contributed by atoms with Gasteiger partial charge in [0.05, 0.1) is 11.1 Å². The Kier molecular flexibility index (Phi) is 5.44. The molecule has 2 aromatic carbocycles. The van der Waals surface area contributed by atoms with Crippen molar-refractivity contribution < 1.29 is 18.6 Å². The molecule has 0 aliphatic rings. The zero-order valence-electron chi connectivity index (χ0n) is 16.4. The summed E-state index contributed by atoms with van der Waals surface area (Å²) in [4.78, 5) is 22.7. The number of furan rings is 2. The molecular formula is C23H17N3O5. The van der Waals surface area contributed by atoms with Crippen LogP contribution < -0.4 is 5.43 Å². The van der Waals surface area contributed by atoms with Crippen LogP contribution in [0.2, 0.25) is 0 Å². The highest BCUT2D eigenvalue weighted by Gasteiger charge is 2.14. The molecule has 2 aromatic heterocycles. The summed E-state index contributed by atoms with van der Waals surface area (Å²) in [5.74, 6) is 0.983. The van der Waals surface area contributed by atoms with Gasteiger partial charge in [-0.05, 0) is 31.2 Å². The van der Waals surface area contributed by atoms with E-state index in [0.717, 1.165) is 11.1 Å². The fraction of sp³-hybridized carbons (Fsp3) is 0.0435. The summed E-state index contributed by atoms with van der Waals surface area (Å²) in [5, 5.41) is 14.8. The molecule has 0 aliphatic carbocycles. The first kappa shape index (κ1) is 19.8. The van der Waals surface area contributed by atoms with Crippen molar-refractivity contribution in [3.63, 3.8) is 0 Å². The number of aryl methyl sites for hydroxylation is 1. The van der Waals surface area contributed by atoms with E-state index < -0.39 is 10.8 Å². The maximum absolute atomic E-state index is 12.3. The lowest BCUT2D eigenvalue weighted by atomic mass is 10.1. The Hall–Kier alpha value is -4.46. The van der Waals surface area contributed by atoms with Crippen molar-refractivity contribution >= 4 is 17.8 Å². The van der Waals surface area contributed by atoms with Crippen LogP contribution in [0.4, 0.5) is 5.69 Å². The number of nitro benzene ring substituents is 1. The van der Waals surface area contributed by atoms with Crippen LogP contribution in [0.15, 0.2) is 86.7 Å². The molecule has 0 aliphatic heterocycles. The van der Waals surface area contributed by atoms with Crippen LogP contribution in [0.25, 0.3) is 22.6 Å². The molecule has 0 spiro atoms. The summed E-state index contributed by atoms with van der Waals surface area (Å²) in [6, 6.07) is 20.5. The van der Waals surface area contributed by atoms with Gasteiger partial charge in [0.25, 0.3) is 5.69 Å². The summed E-state index contributed by atoms with van der Waals surface area (Å²) in [6.45, 7) is 2.01. The van der Waals surface area contributed by atoms with Crippen molar-refractivity contribution in [1.82, 2.24) is 5.43 Å². The average molecular weight is 415 g/mol. The Balaban J connectivity index is 1.40. The van der Waals surface area contributed by atoms with E-state index in [-0.39, 0.29) is 11.4 Å². The number of rotatable bonds is 6. The van der Waals surface area contributed by atoms with Crippen LogP contribution in [0.5, 0.6) is 0 Å². The van der Waals surface area contributed by atoms with Crippen LogP contribution in [-0.2, 0) is 0 Å². The van der Waals surface area contributed by atoms with Crippen molar-refractivity contribution in [1.29, 1.82) is 0 Å². The van der Waals surface area contributed by atoms with E-state index in [1.165, 1.54) is 24.4 Å². The summed E-state index contributed by atoms with van der Waals surface area (Å²) in [5.41, 5.74) is 4.90. The minimum atomic E-state index is -0.557. The van der Waals surface area contributed by atoms with E-state index in [0.29, 0.717) is 22.8 Å². The summed E-state index contributed by atoms with van der Waals surface area (Å²) in [7, 11) is 0. The molecular weight excluding hydrogens is 398 g/mol. The number of nitro groups is 1. The smallest absolute Gasteiger partial charge is 0.307 e. The molecule has 0 saturated carbocycles. The van der Waals surface area contributed by atoms with Gasteiger partial charge >= 0.3 is 5.91 Å². The largest absolute Gasteiger partial charge is 0.455 e. The number of carbonyl (C=O) groups is 1. The van der Waals surface area contributed by atoms with Gasteiger partial charge in [-0.3, -0.25) is 14.9 Å². The van der Waals surface area contributed by atoms with E-state index >= 15 is 0 Å². The number of carbonyl (C=O) groups excluding carboxylic acids is 1. The molecule has 0 saturated heterocycles. The molecule has 8 heteroatoms. The van der Waals surface area contributed by atoms with Crippen LogP contribution >= 0.6 is 0 Å². The average Bonchev–Trinajstić information content (AvgIpc) is 3.44. The Labute approximate surface area is 177 Å². The molecule has 2 heterocycles. The van der Waals surface area contributed by atoms with Crippen LogP contribution in [0.3, 0.4) is 0 Å². The normalized spacial score (nSPS) is 11.0. The van der Waals surface area contributed by atoms with Gasteiger partial charge in [0, 0.05) is 23.3 Å². The van der Waals surface area contributed by atoms with Crippen molar-refractivity contribution in [3.8, 4) is 22.6 Å².